The quantitative estimate of drug-likeness (QED) is 0.505. The van der Waals surface area contributed by atoms with Gasteiger partial charge in [-0.15, -0.1) is 11.6 Å². The molecule has 1 aromatic rings. The van der Waals surface area contributed by atoms with Gasteiger partial charge in [0.1, 0.15) is 0 Å². The number of alkyl halides is 1. The summed E-state index contributed by atoms with van der Waals surface area (Å²) in [6, 6.07) is 3.47. The van der Waals surface area contributed by atoms with Crippen LogP contribution in [0.3, 0.4) is 0 Å². The van der Waals surface area contributed by atoms with Crippen molar-refractivity contribution in [1.82, 2.24) is 5.32 Å². The summed E-state index contributed by atoms with van der Waals surface area (Å²) < 4.78 is 22.9. The number of nitro groups is 1. The van der Waals surface area contributed by atoms with E-state index in [0.717, 1.165) is 0 Å². The Morgan fingerprint density at radius 3 is 2.62 bits per heavy atom. The predicted molar refractivity (Wildman–Crippen MR) is 77.4 cm³/mol. The molecule has 0 spiro atoms. The van der Waals surface area contributed by atoms with Crippen LogP contribution in [-0.4, -0.2) is 42.2 Å². The third-order valence-electron chi connectivity index (χ3n) is 3.35. The third kappa shape index (κ3) is 3.33. The molecule has 1 saturated heterocycles. The Balaban J connectivity index is 2.22. The van der Waals surface area contributed by atoms with Crippen molar-refractivity contribution >= 4 is 33.0 Å². The number of nitrogens with one attached hydrogen (secondary N) is 1. The van der Waals surface area contributed by atoms with Crippen molar-refractivity contribution in [1.29, 1.82) is 0 Å². The molecule has 2 atom stereocenters. The Kier molecular flexibility index (Phi) is 4.20. The average molecular weight is 333 g/mol. The van der Waals surface area contributed by atoms with Crippen LogP contribution in [0.15, 0.2) is 18.2 Å². The topological polar surface area (TPSA) is 106 Å². The molecule has 0 aliphatic carbocycles. The summed E-state index contributed by atoms with van der Waals surface area (Å²) >= 11 is 5.91. The van der Waals surface area contributed by atoms with Crippen LogP contribution in [0.25, 0.3) is 0 Å². The van der Waals surface area contributed by atoms with Crippen molar-refractivity contribution in [2.45, 2.75) is 18.3 Å². The lowest BCUT2D eigenvalue weighted by atomic mass is 10.1. The van der Waals surface area contributed by atoms with Gasteiger partial charge in [0.05, 0.1) is 27.8 Å². The normalized spacial score (nSPS) is 23.7. The highest BCUT2D eigenvalue weighted by Crippen LogP contribution is 2.22. The monoisotopic (exact) mass is 332 g/mol. The number of hydrogen-bond acceptors (Lipinski definition) is 5. The molecular formula is C12H13ClN2O5S. The fourth-order valence-electron chi connectivity index (χ4n) is 2.25. The highest BCUT2D eigenvalue weighted by atomic mass is 35.5. The first-order chi connectivity index (χ1) is 9.71. The second-order valence-corrected chi connectivity index (χ2v) is 7.59. The molecule has 2 unspecified atom stereocenters. The molecule has 0 radical (unpaired) electrons. The standard InChI is InChI=1S/C12H13ClN2O5S/c1-7-8(3-2-4-11(7)15(17)18)12(16)14-10-6-21(19,20)5-9(10)13/h2-4,9-10H,5-6H2,1H3,(H,14,16). The van der Waals surface area contributed by atoms with Gasteiger partial charge in [0.2, 0.25) is 0 Å². The number of amides is 1. The fourth-order valence-corrected chi connectivity index (χ4v) is 4.80. The van der Waals surface area contributed by atoms with E-state index in [9.17, 15) is 23.3 Å². The SMILES string of the molecule is Cc1c(C(=O)NC2CS(=O)(=O)CC2Cl)cccc1[N+](=O)[O-]. The van der Waals surface area contributed by atoms with Crippen molar-refractivity contribution in [3.8, 4) is 0 Å². The molecule has 9 heteroatoms. The lowest BCUT2D eigenvalue weighted by molar-refractivity contribution is -0.385. The minimum absolute atomic E-state index is 0.136. The first-order valence-electron chi connectivity index (χ1n) is 6.10. The lowest BCUT2D eigenvalue weighted by Gasteiger charge is -2.15. The number of halogens is 1. The first kappa shape index (κ1) is 15.7. The highest BCUT2D eigenvalue weighted by molar-refractivity contribution is 7.91. The van der Waals surface area contributed by atoms with Gasteiger partial charge in [-0.05, 0) is 13.0 Å². The molecule has 21 heavy (non-hydrogen) atoms. The number of benzene rings is 1. The average Bonchev–Trinajstić information content (AvgIpc) is 2.61. The van der Waals surface area contributed by atoms with E-state index in [1.165, 1.54) is 25.1 Å². The van der Waals surface area contributed by atoms with Crippen LogP contribution in [0.5, 0.6) is 0 Å². The maximum atomic E-state index is 12.2. The molecule has 0 aromatic heterocycles. The van der Waals surface area contributed by atoms with Crippen molar-refractivity contribution in [2.24, 2.45) is 0 Å². The first-order valence-corrected chi connectivity index (χ1v) is 8.36. The lowest BCUT2D eigenvalue weighted by Crippen LogP contribution is -2.40. The van der Waals surface area contributed by atoms with Crippen molar-refractivity contribution in [3.63, 3.8) is 0 Å². The molecule has 7 nitrogen and oxygen atoms in total. The highest BCUT2D eigenvalue weighted by Gasteiger charge is 2.37. The Morgan fingerprint density at radius 2 is 2.10 bits per heavy atom. The number of rotatable bonds is 3. The molecule has 0 saturated carbocycles. The number of carbonyl (C=O) groups is 1. The maximum absolute atomic E-state index is 12.2. The van der Waals surface area contributed by atoms with E-state index in [0.29, 0.717) is 0 Å². The molecule has 1 aromatic carbocycles. The Labute approximate surface area is 126 Å². The van der Waals surface area contributed by atoms with E-state index in [-0.39, 0.29) is 28.3 Å². The van der Waals surface area contributed by atoms with Crippen LogP contribution in [0.1, 0.15) is 15.9 Å². The van der Waals surface area contributed by atoms with E-state index in [2.05, 4.69) is 5.32 Å². The van der Waals surface area contributed by atoms with Crippen LogP contribution < -0.4 is 5.32 Å². The molecular weight excluding hydrogens is 320 g/mol. The van der Waals surface area contributed by atoms with Gasteiger partial charge in [-0.1, -0.05) is 6.07 Å². The van der Waals surface area contributed by atoms with Gasteiger partial charge in [-0.25, -0.2) is 8.42 Å². The molecule has 1 amide bonds. The molecule has 1 N–H and O–H groups in total. The summed E-state index contributed by atoms with van der Waals surface area (Å²) in [6.45, 7) is 1.47. The Bertz CT molecular complexity index is 704. The van der Waals surface area contributed by atoms with Crippen LogP contribution in [0.4, 0.5) is 5.69 Å². The molecule has 0 bridgehead atoms. The van der Waals surface area contributed by atoms with E-state index < -0.39 is 32.1 Å². The number of nitrogens with zero attached hydrogens (tertiary/aromatic N) is 1. The van der Waals surface area contributed by atoms with Crippen LogP contribution in [0, 0.1) is 17.0 Å². The van der Waals surface area contributed by atoms with Gasteiger partial charge in [-0.3, -0.25) is 14.9 Å². The van der Waals surface area contributed by atoms with E-state index >= 15 is 0 Å². The second kappa shape index (κ2) is 5.61. The zero-order chi connectivity index (χ0) is 15.8. The van der Waals surface area contributed by atoms with Crippen LogP contribution in [0.2, 0.25) is 0 Å². The summed E-state index contributed by atoms with van der Waals surface area (Å²) in [4.78, 5) is 22.4. The minimum atomic E-state index is -3.26. The zero-order valence-electron chi connectivity index (χ0n) is 11.1. The molecule has 1 fully saturated rings. The number of carbonyl (C=O) groups excluding carboxylic acids is 1. The number of nitro benzene ring substituents is 1. The van der Waals surface area contributed by atoms with Gasteiger partial charge in [0.15, 0.2) is 9.84 Å². The van der Waals surface area contributed by atoms with E-state index in [1.807, 2.05) is 0 Å². The van der Waals surface area contributed by atoms with Gasteiger partial charge in [-0.2, -0.15) is 0 Å². The molecule has 1 aliphatic heterocycles. The summed E-state index contributed by atoms with van der Waals surface area (Å²) in [5.74, 6) is -0.974. The molecule has 1 heterocycles. The van der Waals surface area contributed by atoms with Crippen molar-refractivity contribution in [2.75, 3.05) is 11.5 Å². The number of sulfone groups is 1. The van der Waals surface area contributed by atoms with Crippen LogP contribution >= 0.6 is 11.6 Å². The second-order valence-electron chi connectivity index (χ2n) is 4.88. The molecule has 1 aliphatic rings. The maximum Gasteiger partial charge on any atom is 0.273 e. The largest absolute Gasteiger partial charge is 0.347 e. The zero-order valence-corrected chi connectivity index (χ0v) is 12.6. The van der Waals surface area contributed by atoms with E-state index in [1.54, 1.807) is 0 Å². The summed E-state index contributed by atoms with van der Waals surface area (Å²) in [6.07, 6.45) is 0. The van der Waals surface area contributed by atoms with Gasteiger partial charge < -0.3 is 5.32 Å². The molecule has 114 valence electrons. The van der Waals surface area contributed by atoms with Gasteiger partial charge >= 0.3 is 0 Å². The smallest absolute Gasteiger partial charge is 0.273 e. The Morgan fingerprint density at radius 1 is 1.43 bits per heavy atom. The predicted octanol–water partition coefficient (Wildman–Crippen LogP) is 1.04. The van der Waals surface area contributed by atoms with E-state index in [4.69, 9.17) is 11.6 Å². The number of hydrogen-bond donors (Lipinski definition) is 1. The Hall–Kier alpha value is -1.67. The van der Waals surface area contributed by atoms with Crippen LogP contribution in [-0.2, 0) is 9.84 Å². The summed E-state index contributed by atoms with van der Waals surface area (Å²) in [7, 11) is -3.26. The minimum Gasteiger partial charge on any atom is -0.347 e. The third-order valence-corrected chi connectivity index (χ3v) is 5.72. The summed E-state index contributed by atoms with van der Waals surface area (Å²) in [5.41, 5.74) is 0.202. The summed E-state index contributed by atoms with van der Waals surface area (Å²) in [5, 5.41) is 12.7. The van der Waals surface area contributed by atoms with Crippen molar-refractivity contribution < 1.29 is 18.1 Å². The fraction of sp³-hybridized carbons (Fsp3) is 0.417. The van der Waals surface area contributed by atoms with Gasteiger partial charge in [0.25, 0.3) is 11.6 Å². The van der Waals surface area contributed by atoms with Crippen molar-refractivity contribution in [3.05, 3.63) is 39.4 Å². The molecule has 2 rings (SSSR count). The van der Waals surface area contributed by atoms with Gasteiger partial charge in [0, 0.05) is 17.2 Å².